The molecule has 0 unspecified atom stereocenters. The van der Waals surface area contributed by atoms with Crippen LogP contribution >= 0.6 is 11.8 Å². The number of hydrogen-bond donors (Lipinski definition) is 2. The normalized spacial score (nSPS) is 13.5. The molecule has 7 nitrogen and oxygen atoms in total. The highest BCUT2D eigenvalue weighted by atomic mass is 32.2. The second kappa shape index (κ2) is 10.5. The lowest BCUT2D eigenvalue weighted by Gasteiger charge is -2.31. The van der Waals surface area contributed by atoms with E-state index >= 15 is 0 Å². The smallest absolute Gasteiger partial charge is 0.269 e. The third-order valence-corrected chi connectivity index (χ3v) is 6.68. The molecule has 0 aromatic heterocycles. The van der Waals surface area contributed by atoms with Crippen LogP contribution < -0.4 is 15.5 Å². The van der Waals surface area contributed by atoms with Gasteiger partial charge in [0.15, 0.2) is 0 Å². The van der Waals surface area contributed by atoms with Gasteiger partial charge in [0.05, 0.1) is 16.2 Å². The Balaban J connectivity index is 1.71. The Kier molecular flexibility index (Phi) is 7.26. The molecule has 2 N–H and O–H groups in total. The Morgan fingerprint density at radius 2 is 1.79 bits per heavy atom. The molecule has 3 aromatic rings. The van der Waals surface area contributed by atoms with E-state index in [0.29, 0.717) is 5.56 Å². The number of benzene rings is 3. The van der Waals surface area contributed by atoms with Gasteiger partial charge in [0.1, 0.15) is 0 Å². The van der Waals surface area contributed by atoms with E-state index in [1.165, 1.54) is 23.9 Å². The zero-order valence-electron chi connectivity index (χ0n) is 18.4. The molecule has 0 aliphatic carbocycles. The summed E-state index contributed by atoms with van der Waals surface area (Å²) in [6, 6.07) is 20.1. The molecule has 1 heterocycles. The minimum Gasteiger partial charge on any atom is -0.368 e. The number of nitro groups is 1. The van der Waals surface area contributed by atoms with E-state index in [-0.39, 0.29) is 11.6 Å². The molecule has 0 bridgehead atoms. The number of amides is 1. The highest BCUT2D eigenvalue weighted by molar-refractivity contribution is 7.99. The molecule has 1 amide bonds. The number of anilines is 2. The SMILES string of the molecule is CCc1ccccc1NC(=O)c1c(Sc2ccc([N+](=O)[O-])cc2)cccc1N1CCNCC1. The molecule has 1 aliphatic rings. The number of rotatable bonds is 7. The summed E-state index contributed by atoms with van der Waals surface area (Å²) in [5.41, 5.74) is 3.45. The number of nitrogens with one attached hydrogen (secondary N) is 2. The Morgan fingerprint density at radius 1 is 1.06 bits per heavy atom. The van der Waals surface area contributed by atoms with E-state index in [4.69, 9.17) is 0 Å². The van der Waals surface area contributed by atoms with Gasteiger partial charge in [-0.05, 0) is 42.3 Å². The summed E-state index contributed by atoms with van der Waals surface area (Å²) < 4.78 is 0. The van der Waals surface area contributed by atoms with Crippen LogP contribution in [-0.4, -0.2) is 37.0 Å². The summed E-state index contributed by atoms with van der Waals surface area (Å²) in [7, 11) is 0. The highest BCUT2D eigenvalue weighted by Crippen LogP contribution is 2.37. The standard InChI is InChI=1S/C25H26N4O3S/c1-2-18-6-3-4-7-21(18)27-25(30)24-22(28-16-14-26-15-17-28)8-5-9-23(24)33-20-12-10-19(11-13-20)29(31)32/h3-13,26H,2,14-17H2,1H3,(H,27,30). The number of non-ortho nitro benzene ring substituents is 1. The minimum absolute atomic E-state index is 0.0445. The van der Waals surface area contributed by atoms with Crippen molar-refractivity contribution in [3.63, 3.8) is 0 Å². The molecule has 170 valence electrons. The molecule has 1 fully saturated rings. The molecular weight excluding hydrogens is 436 g/mol. The number of para-hydroxylation sites is 1. The van der Waals surface area contributed by atoms with Crippen molar-refractivity contribution in [1.82, 2.24) is 5.32 Å². The average molecular weight is 463 g/mol. The van der Waals surface area contributed by atoms with Gasteiger partial charge in [-0.25, -0.2) is 0 Å². The van der Waals surface area contributed by atoms with Gasteiger partial charge >= 0.3 is 0 Å². The molecule has 3 aromatic carbocycles. The highest BCUT2D eigenvalue weighted by Gasteiger charge is 2.23. The Hall–Kier alpha value is -3.36. The first kappa shape index (κ1) is 22.8. The van der Waals surface area contributed by atoms with Crippen LogP contribution in [0.5, 0.6) is 0 Å². The maximum absolute atomic E-state index is 13.6. The number of hydrogen-bond acceptors (Lipinski definition) is 6. The lowest BCUT2D eigenvalue weighted by molar-refractivity contribution is -0.384. The molecule has 0 spiro atoms. The predicted octanol–water partition coefficient (Wildman–Crippen LogP) is 4.97. The topological polar surface area (TPSA) is 87.5 Å². The Labute approximate surface area is 197 Å². The van der Waals surface area contributed by atoms with Gasteiger partial charge in [0.25, 0.3) is 11.6 Å². The lowest BCUT2D eigenvalue weighted by Crippen LogP contribution is -2.44. The number of piperazine rings is 1. The van der Waals surface area contributed by atoms with Crippen molar-refractivity contribution in [3.8, 4) is 0 Å². The van der Waals surface area contributed by atoms with E-state index in [0.717, 1.165) is 59.3 Å². The Morgan fingerprint density at radius 3 is 2.48 bits per heavy atom. The van der Waals surface area contributed by atoms with Gasteiger partial charge in [0.2, 0.25) is 0 Å². The molecule has 1 saturated heterocycles. The monoisotopic (exact) mass is 462 g/mol. The first-order valence-corrected chi connectivity index (χ1v) is 11.8. The summed E-state index contributed by atoms with van der Waals surface area (Å²) in [5, 5.41) is 17.5. The van der Waals surface area contributed by atoms with E-state index in [1.807, 2.05) is 42.5 Å². The van der Waals surface area contributed by atoms with Crippen molar-refractivity contribution in [2.24, 2.45) is 0 Å². The first-order chi connectivity index (χ1) is 16.1. The predicted molar refractivity (Wildman–Crippen MR) is 133 cm³/mol. The Bertz CT molecular complexity index is 1140. The molecule has 0 saturated carbocycles. The summed E-state index contributed by atoms with van der Waals surface area (Å²) >= 11 is 1.44. The second-order valence-electron chi connectivity index (χ2n) is 7.71. The van der Waals surface area contributed by atoms with E-state index in [9.17, 15) is 14.9 Å². The summed E-state index contributed by atoms with van der Waals surface area (Å²) in [6.45, 7) is 5.42. The summed E-state index contributed by atoms with van der Waals surface area (Å²) in [6.07, 6.45) is 0.820. The van der Waals surface area contributed by atoms with E-state index in [1.54, 1.807) is 12.1 Å². The van der Waals surface area contributed by atoms with Gasteiger partial charge in [-0.1, -0.05) is 43.0 Å². The molecule has 33 heavy (non-hydrogen) atoms. The maximum atomic E-state index is 13.6. The molecule has 1 aliphatic heterocycles. The van der Waals surface area contributed by atoms with Gasteiger partial charge in [-0.15, -0.1) is 0 Å². The van der Waals surface area contributed by atoms with Crippen LogP contribution in [0.25, 0.3) is 0 Å². The fourth-order valence-electron chi connectivity index (χ4n) is 3.90. The first-order valence-electron chi connectivity index (χ1n) is 11.0. The van der Waals surface area contributed by atoms with Crippen LogP contribution in [-0.2, 0) is 6.42 Å². The number of nitro benzene ring substituents is 1. The van der Waals surface area contributed by atoms with Gasteiger partial charge in [-0.3, -0.25) is 14.9 Å². The molecular formula is C25H26N4O3S. The third kappa shape index (κ3) is 5.35. The number of nitrogens with zero attached hydrogens (tertiary/aromatic N) is 2. The largest absolute Gasteiger partial charge is 0.368 e. The molecule has 0 atom stereocenters. The van der Waals surface area contributed by atoms with Crippen molar-refractivity contribution < 1.29 is 9.72 Å². The van der Waals surface area contributed by atoms with Crippen LogP contribution in [0, 0.1) is 10.1 Å². The van der Waals surface area contributed by atoms with Gasteiger partial charge < -0.3 is 15.5 Å². The van der Waals surface area contributed by atoms with Crippen LogP contribution in [0.2, 0.25) is 0 Å². The van der Waals surface area contributed by atoms with E-state index < -0.39 is 4.92 Å². The zero-order chi connectivity index (χ0) is 23.2. The van der Waals surface area contributed by atoms with Crippen molar-refractivity contribution in [3.05, 3.63) is 88.0 Å². The number of carbonyl (C=O) groups excluding carboxylic acids is 1. The average Bonchev–Trinajstić information content (AvgIpc) is 2.85. The zero-order valence-corrected chi connectivity index (χ0v) is 19.2. The molecule has 8 heteroatoms. The van der Waals surface area contributed by atoms with E-state index in [2.05, 4.69) is 22.5 Å². The van der Waals surface area contributed by atoms with Crippen LogP contribution in [0.4, 0.5) is 17.1 Å². The second-order valence-corrected chi connectivity index (χ2v) is 8.82. The van der Waals surface area contributed by atoms with Gasteiger partial charge in [-0.2, -0.15) is 0 Å². The third-order valence-electron chi connectivity index (χ3n) is 5.61. The van der Waals surface area contributed by atoms with Crippen LogP contribution in [0.1, 0.15) is 22.8 Å². The van der Waals surface area contributed by atoms with Crippen LogP contribution in [0.3, 0.4) is 0 Å². The summed E-state index contributed by atoms with van der Waals surface area (Å²) in [4.78, 5) is 28.1. The fourth-order valence-corrected chi connectivity index (χ4v) is 4.87. The van der Waals surface area contributed by atoms with Crippen molar-refractivity contribution in [2.75, 3.05) is 36.4 Å². The molecule has 4 rings (SSSR count). The lowest BCUT2D eigenvalue weighted by atomic mass is 10.1. The van der Waals surface area contributed by atoms with Crippen molar-refractivity contribution in [2.45, 2.75) is 23.1 Å². The van der Waals surface area contributed by atoms with Crippen molar-refractivity contribution >= 4 is 34.7 Å². The number of aryl methyl sites for hydroxylation is 1. The maximum Gasteiger partial charge on any atom is 0.269 e. The van der Waals surface area contributed by atoms with Crippen LogP contribution in [0.15, 0.2) is 76.5 Å². The number of carbonyl (C=O) groups is 1. The minimum atomic E-state index is -0.413. The van der Waals surface area contributed by atoms with Crippen molar-refractivity contribution in [1.29, 1.82) is 0 Å². The summed E-state index contributed by atoms with van der Waals surface area (Å²) in [5.74, 6) is -0.158. The molecule has 0 radical (unpaired) electrons. The fraction of sp³-hybridized carbons (Fsp3) is 0.240. The quantitative estimate of drug-likeness (QED) is 0.381. The van der Waals surface area contributed by atoms with Gasteiger partial charge in [0, 0.05) is 53.8 Å².